The second kappa shape index (κ2) is 6.78. The molecular weight excluding hydrogens is 152 g/mol. The Labute approximate surface area is 76.4 Å². The second-order valence-corrected chi connectivity index (χ2v) is 1.17. The standard InChI is InChI=1S/C4H6O5.Mg.2H/c1-8-2-3(5)9-4(6)7;;;/h2H2,1H3,(H,6,7);;;/q;+2;2*-1. The number of ether oxygens (including phenoxy) is 2. The Bertz CT molecular complexity index is 131. The summed E-state index contributed by atoms with van der Waals surface area (Å²) in [6.45, 7) is -0.341. The first-order valence-corrected chi connectivity index (χ1v) is 2.09. The van der Waals surface area contributed by atoms with Crippen LogP contribution in [0.4, 0.5) is 4.79 Å². The van der Waals surface area contributed by atoms with Gasteiger partial charge in [-0.15, -0.1) is 0 Å². The third-order valence-electron chi connectivity index (χ3n) is 0.463. The molecule has 10 heavy (non-hydrogen) atoms. The smallest absolute Gasteiger partial charge is 1.00 e. The van der Waals surface area contributed by atoms with Crippen LogP contribution in [-0.2, 0) is 14.3 Å². The van der Waals surface area contributed by atoms with E-state index >= 15 is 0 Å². The third kappa shape index (κ3) is 7.67. The quantitative estimate of drug-likeness (QED) is 0.341. The Hall–Kier alpha value is -0.334. The van der Waals surface area contributed by atoms with Gasteiger partial charge in [0.1, 0.15) is 6.61 Å². The summed E-state index contributed by atoms with van der Waals surface area (Å²) in [7, 11) is 1.27. The van der Waals surface area contributed by atoms with Gasteiger partial charge in [0, 0.05) is 7.11 Å². The van der Waals surface area contributed by atoms with E-state index in [0.717, 1.165) is 0 Å². The first-order chi connectivity index (χ1) is 4.16. The summed E-state index contributed by atoms with van der Waals surface area (Å²) in [5, 5.41) is 7.81. The van der Waals surface area contributed by atoms with E-state index in [9.17, 15) is 9.59 Å². The van der Waals surface area contributed by atoms with Crippen LogP contribution >= 0.6 is 0 Å². The first-order valence-electron chi connectivity index (χ1n) is 2.09. The Kier molecular flexibility index (Phi) is 8.38. The van der Waals surface area contributed by atoms with Gasteiger partial charge in [0.05, 0.1) is 0 Å². The monoisotopic (exact) mass is 160 g/mol. The van der Waals surface area contributed by atoms with Crippen molar-refractivity contribution in [1.82, 2.24) is 0 Å². The van der Waals surface area contributed by atoms with Gasteiger partial charge in [-0.3, -0.25) is 0 Å². The van der Waals surface area contributed by atoms with E-state index in [2.05, 4.69) is 9.47 Å². The Morgan fingerprint density at radius 3 is 2.40 bits per heavy atom. The number of carbonyl (C=O) groups excluding carboxylic acids is 1. The fraction of sp³-hybridized carbons (Fsp3) is 0.500. The molecule has 0 spiro atoms. The van der Waals surface area contributed by atoms with Gasteiger partial charge in [0.15, 0.2) is 0 Å². The van der Waals surface area contributed by atoms with Gasteiger partial charge < -0.3 is 17.4 Å². The van der Waals surface area contributed by atoms with Crippen molar-refractivity contribution in [1.29, 1.82) is 0 Å². The van der Waals surface area contributed by atoms with Gasteiger partial charge in [-0.25, -0.2) is 9.59 Å². The molecule has 0 aliphatic rings. The molecule has 0 fully saturated rings. The molecule has 0 heterocycles. The molecule has 6 heteroatoms. The maximum absolute atomic E-state index is 10.1. The molecule has 0 aromatic heterocycles. The number of rotatable bonds is 2. The molecule has 0 aromatic carbocycles. The summed E-state index contributed by atoms with van der Waals surface area (Å²) in [5.74, 6) is -0.912. The van der Waals surface area contributed by atoms with Crippen LogP contribution in [0.3, 0.4) is 0 Å². The molecule has 0 atom stereocenters. The molecule has 0 aromatic rings. The minimum atomic E-state index is -1.61. The fourth-order valence-corrected chi connectivity index (χ4v) is 0.245. The van der Waals surface area contributed by atoms with Crippen LogP contribution in [0.1, 0.15) is 2.85 Å². The number of esters is 1. The van der Waals surface area contributed by atoms with E-state index in [1.165, 1.54) is 7.11 Å². The van der Waals surface area contributed by atoms with Gasteiger partial charge in [0.2, 0.25) is 0 Å². The second-order valence-electron chi connectivity index (χ2n) is 1.17. The van der Waals surface area contributed by atoms with Crippen molar-refractivity contribution in [2.24, 2.45) is 0 Å². The van der Waals surface area contributed by atoms with Crippen LogP contribution < -0.4 is 0 Å². The van der Waals surface area contributed by atoms with Gasteiger partial charge in [-0.2, -0.15) is 0 Å². The molecule has 0 rings (SSSR count). The molecule has 0 bridgehead atoms. The zero-order valence-corrected chi connectivity index (χ0v) is 6.91. The van der Waals surface area contributed by atoms with Crippen molar-refractivity contribution >= 4 is 35.2 Å². The van der Waals surface area contributed by atoms with Crippen molar-refractivity contribution in [3.8, 4) is 0 Å². The van der Waals surface area contributed by atoms with Crippen molar-refractivity contribution in [3.63, 3.8) is 0 Å². The number of carbonyl (C=O) groups is 2. The summed E-state index contributed by atoms with van der Waals surface area (Å²) in [5.41, 5.74) is 0. The predicted octanol–water partition coefficient (Wildman–Crippen LogP) is -0.302. The maximum atomic E-state index is 10.1. The predicted molar refractivity (Wildman–Crippen MR) is 34.0 cm³/mol. The van der Waals surface area contributed by atoms with Crippen LogP contribution in [0.25, 0.3) is 0 Å². The molecule has 0 radical (unpaired) electrons. The van der Waals surface area contributed by atoms with Crippen LogP contribution in [0.15, 0.2) is 0 Å². The molecule has 0 aliphatic heterocycles. The third-order valence-corrected chi connectivity index (χ3v) is 0.463. The van der Waals surface area contributed by atoms with Gasteiger partial charge in [-0.05, 0) is 0 Å². The van der Waals surface area contributed by atoms with Crippen LogP contribution in [0.5, 0.6) is 0 Å². The molecule has 0 saturated heterocycles. The van der Waals surface area contributed by atoms with Gasteiger partial charge in [0.25, 0.3) is 0 Å². The van der Waals surface area contributed by atoms with Crippen LogP contribution in [0, 0.1) is 0 Å². The normalized spacial score (nSPS) is 7.70. The van der Waals surface area contributed by atoms with Crippen molar-refractivity contribution in [3.05, 3.63) is 0 Å². The topological polar surface area (TPSA) is 72.8 Å². The molecular formula is C4H8MgO5. The van der Waals surface area contributed by atoms with Gasteiger partial charge in [-0.1, -0.05) is 0 Å². The van der Waals surface area contributed by atoms with Crippen molar-refractivity contribution in [2.75, 3.05) is 13.7 Å². The summed E-state index contributed by atoms with van der Waals surface area (Å²) in [6.07, 6.45) is -1.61. The molecule has 0 unspecified atom stereocenters. The Balaban J connectivity index is -0.000000107. The molecule has 0 saturated carbocycles. The first kappa shape index (κ1) is 12.4. The largest absolute Gasteiger partial charge is 2.00 e. The van der Waals surface area contributed by atoms with Gasteiger partial charge >= 0.3 is 35.2 Å². The summed E-state index contributed by atoms with van der Waals surface area (Å²) >= 11 is 0. The number of hydrogen-bond donors (Lipinski definition) is 1. The number of methoxy groups -OCH3 is 1. The maximum Gasteiger partial charge on any atom is 2.00 e. The van der Waals surface area contributed by atoms with E-state index in [-0.39, 0.29) is 32.5 Å². The molecule has 1 N–H and O–H groups in total. The van der Waals surface area contributed by atoms with Crippen molar-refractivity contribution in [2.45, 2.75) is 0 Å². The average Bonchev–Trinajstić information content (AvgIpc) is 1.63. The van der Waals surface area contributed by atoms with E-state index in [1.54, 1.807) is 0 Å². The molecule has 56 valence electrons. The zero-order valence-electron chi connectivity index (χ0n) is 7.49. The summed E-state index contributed by atoms with van der Waals surface area (Å²) < 4.78 is 7.91. The zero-order chi connectivity index (χ0) is 7.28. The minimum Gasteiger partial charge on any atom is -1.00 e. The fourth-order valence-electron chi connectivity index (χ4n) is 0.245. The minimum absolute atomic E-state index is 0. The Morgan fingerprint density at radius 2 is 2.10 bits per heavy atom. The molecule has 0 amide bonds. The van der Waals surface area contributed by atoms with E-state index in [0.29, 0.717) is 0 Å². The molecule has 5 nitrogen and oxygen atoms in total. The number of carboxylic acid groups (broad SMARTS) is 1. The SMILES string of the molecule is COCC(=O)OC(=O)O.[H-].[H-].[Mg+2]. The molecule has 0 aliphatic carbocycles. The van der Waals surface area contributed by atoms with Crippen LogP contribution in [0.2, 0.25) is 0 Å². The van der Waals surface area contributed by atoms with E-state index < -0.39 is 12.1 Å². The average molecular weight is 160 g/mol. The summed E-state index contributed by atoms with van der Waals surface area (Å²) in [4.78, 5) is 19.7. The van der Waals surface area contributed by atoms with E-state index in [1.807, 2.05) is 0 Å². The van der Waals surface area contributed by atoms with Crippen LogP contribution in [-0.4, -0.2) is 54.0 Å². The number of hydrogen-bond acceptors (Lipinski definition) is 4. The van der Waals surface area contributed by atoms with Crippen molar-refractivity contribution < 1.29 is 27.0 Å². The summed E-state index contributed by atoms with van der Waals surface area (Å²) in [6, 6.07) is 0. The Morgan fingerprint density at radius 1 is 1.60 bits per heavy atom. The van der Waals surface area contributed by atoms with E-state index in [4.69, 9.17) is 5.11 Å².